The quantitative estimate of drug-likeness (QED) is 0.675. The van der Waals surface area contributed by atoms with Crippen LogP contribution in [-0.4, -0.2) is 37.4 Å². The van der Waals surface area contributed by atoms with E-state index < -0.39 is 0 Å². The lowest BCUT2D eigenvalue weighted by Crippen LogP contribution is -2.32. The highest BCUT2D eigenvalue weighted by atomic mass is 35.5. The smallest absolute Gasteiger partial charge is 0.255 e. The fraction of sp³-hybridized carbons (Fsp3) is 0.391. The molecule has 0 heterocycles. The third-order valence-electron chi connectivity index (χ3n) is 5.02. The average Bonchev–Trinajstić information content (AvgIpc) is 3.53. The molecule has 6 heteroatoms. The summed E-state index contributed by atoms with van der Waals surface area (Å²) in [7, 11) is 3.95. The molecule has 1 aliphatic rings. The molecule has 5 nitrogen and oxygen atoms in total. The van der Waals surface area contributed by atoms with Gasteiger partial charge in [-0.2, -0.15) is 0 Å². The Kier molecular flexibility index (Phi) is 6.80. The number of carbonyl (C=O) groups excluding carboxylic acids is 2. The molecule has 0 saturated heterocycles. The molecule has 29 heavy (non-hydrogen) atoms. The molecule has 0 spiro atoms. The summed E-state index contributed by atoms with van der Waals surface area (Å²) < 4.78 is 0. The molecule has 1 aliphatic carbocycles. The Morgan fingerprint density at radius 3 is 2.48 bits per heavy atom. The van der Waals surface area contributed by atoms with Crippen molar-refractivity contribution in [2.75, 3.05) is 30.9 Å². The Morgan fingerprint density at radius 1 is 1.14 bits per heavy atom. The van der Waals surface area contributed by atoms with Gasteiger partial charge in [0.15, 0.2) is 0 Å². The molecule has 2 amide bonds. The molecule has 0 aliphatic heterocycles. The van der Waals surface area contributed by atoms with Crippen molar-refractivity contribution in [3.05, 3.63) is 58.6 Å². The molecule has 0 bridgehead atoms. The van der Waals surface area contributed by atoms with E-state index in [1.54, 1.807) is 12.1 Å². The first kappa shape index (κ1) is 21.2. The van der Waals surface area contributed by atoms with Gasteiger partial charge in [0.05, 0.1) is 10.6 Å². The molecule has 0 atom stereocenters. The van der Waals surface area contributed by atoms with Crippen LogP contribution >= 0.6 is 11.6 Å². The van der Waals surface area contributed by atoms with Crippen LogP contribution in [0.25, 0.3) is 0 Å². The second-order valence-corrected chi connectivity index (χ2v) is 8.12. The number of amides is 2. The minimum absolute atomic E-state index is 0.0751. The Labute approximate surface area is 177 Å². The standard InChI is InChI=1S/C23H28ClN3O2/c1-4-13-27(23(29)19-7-5-6-8-20(19)24)15-17-14-18(11-12-21(17)26(2)3)25-22(28)16-9-10-16/h5-8,11-12,14,16H,4,9-10,13,15H2,1-3H3,(H,25,28). The largest absolute Gasteiger partial charge is 0.377 e. The summed E-state index contributed by atoms with van der Waals surface area (Å²) in [5, 5.41) is 3.46. The van der Waals surface area contributed by atoms with Crippen LogP contribution < -0.4 is 10.2 Å². The van der Waals surface area contributed by atoms with E-state index in [4.69, 9.17) is 11.6 Å². The van der Waals surface area contributed by atoms with E-state index in [1.807, 2.05) is 61.2 Å². The van der Waals surface area contributed by atoms with Crippen LogP contribution in [0.2, 0.25) is 5.02 Å². The van der Waals surface area contributed by atoms with E-state index >= 15 is 0 Å². The van der Waals surface area contributed by atoms with Crippen LogP contribution in [0.3, 0.4) is 0 Å². The maximum atomic E-state index is 13.2. The number of hydrogen-bond donors (Lipinski definition) is 1. The maximum absolute atomic E-state index is 13.2. The highest BCUT2D eigenvalue weighted by Gasteiger charge is 2.29. The minimum Gasteiger partial charge on any atom is -0.377 e. The van der Waals surface area contributed by atoms with E-state index in [-0.39, 0.29) is 17.7 Å². The lowest BCUT2D eigenvalue weighted by Gasteiger charge is -2.26. The zero-order valence-corrected chi connectivity index (χ0v) is 18.0. The molecule has 3 rings (SSSR count). The summed E-state index contributed by atoms with van der Waals surface area (Å²) in [5.41, 5.74) is 3.27. The predicted molar refractivity (Wildman–Crippen MR) is 119 cm³/mol. The summed E-state index contributed by atoms with van der Waals surface area (Å²) in [6.07, 6.45) is 2.77. The molecule has 0 aromatic heterocycles. The lowest BCUT2D eigenvalue weighted by atomic mass is 10.1. The van der Waals surface area contributed by atoms with Crippen LogP contribution in [0.1, 0.15) is 42.1 Å². The number of carbonyl (C=O) groups is 2. The van der Waals surface area contributed by atoms with E-state index in [9.17, 15) is 9.59 Å². The monoisotopic (exact) mass is 413 g/mol. The van der Waals surface area contributed by atoms with Gasteiger partial charge in [-0.05, 0) is 55.2 Å². The molecule has 0 unspecified atom stereocenters. The Morgan fingerprint density at radius 2 is 1.86 bits per heavy atom. The Bertz CT molecular complexity index is 893. The lowest BCUT2D eigenvalue weighted by molar-refractivity contribution is -0.117. The highest BCUT2D eigenvalue weighted by Crippen LogP contribution is 2.31. The second kappa shape index (κ2) is 9.31. The zero-order chi connectivity index (χ0) is 21.0. The first-order valence-corrected chi connectivity index (χ1v) is 10.4. The summed E-state index contributed by atoms with van der Waals surface area (Å²) in [6, 6.07) is 13.0. The van der Waals surface area contributed by atoms with Gasteiger partial charge in [0, 0.05) is 44.5 Å². The highest BCUT2D eigenvalue weighted by molar-refractivity contribution is 6.33. The van der Waals surface area contributed by atoms with E-state index in [2.05, 4.69) is 5.32 Å². The SMILES string of the molecule is CCCN(Cc1cc(NC(=O)C2CC2)ccc1N(C)C)C(=O)c1ccccc1Cl. The number of hydrogen-bond acceptors (Lipinski definition) is 3. The van der Waals surface area contributed by atoms with Gasteiger partial charge in [-0.15, -0.1) is 0 Å². The summed E-state index contributed by atoms with van der Waals surface area (Å²) in [5.74, 6) is 0.131. The number of benzene rings is 2. The fourth-order valence-electron chi connectivity index (χ4n) is 3.35. The number of nitrogens with one attached hydrogen (secondary N) is 1. The molecular formula is C23H28ClN3O2. The van der Waals surface area contributed by atoms with Gasteiger partial charge in [0.1, 0.15) is 0 Å². The number of anilines is 2. The van der Waals surface area contributed by atoms with Gasteiger partial charge in [-0.3, -0.25) is 9.59 Å². The first-order chi connectivity index (χ1) is 13.9. The van der Waals surface area contributed by atoms with Crippen molar-refractivity contribution in [3.63, 3.8) is 0 Å². The van der Waals surface area contributed by atoms with E-state index in [0.717, 1.165) is 36.2 Å². The van der Waals surface area contributed by atoms with Gasteiger partial charge in [-0.25, -0.2) is 0 Å². The van der Waals surface area contributed by atoms with Gasteiger partial charge >= 0.3 is 0 Å². The third kappa shape index (κ3) is 5.30. The van der Waals surface area contributed by atoms with Crippen molar-refractivity contribution in [2.24, 2.45) is 5.92 Å². The summed E-state index contributed by atoms with van der Waals surface area (Å²) in [6.45, 7) is 3.11. The first-order valence-electron chi connectivity index (χ1n) is 10.1. The molecular weight excluding hydrogens is 386 g/mol. The van der Waals surface area contributed by atoms with Crippen molar-refractivity contribution in [1.29, 1.82) is 0 Å². The van der Waals surface area contributed by atoms with Crippen LogP contribution in [0.4, 0.5) is 11.4 Å². The van der Waals surface area contributed by atoms with Crippen molar-refractivity contribution >= 4 is 34.8 Å². The maximum Gasteiger partial charge on any atom is 0.255 e. The number of halogens is 1. The van der Waals surface area contributed by atoms with Crippen LogP contribution in [0.5, 0.6) is 0 Å². The fourth-order valence-corrected chi connectivity index (χ4v) is 3.57. The number of nitrogens with zero attached hydrogens (tertiary/aromatic N) is 2. The topological polar surface area (TPSA) is 52.7 Å². The van der Waals surface area contributed by atoms with Crippen molar-refractivity contribution in [2.45, 2.75) is 32.7 Å². The van der Waals surface area contributed by atoms with Gasteiger partial charge in [0.25, 0.3) is 5.91 Å². The van der Waals surface area contributed by atoms with Crippen LogP contribution in [0, 0.1) is 5.92 Å². The second-order valence-electron chi connectivity index (χ2n) is 7.71. The number of rotatable bonds is 8. The molecule has 2 aromatic carbocycles. The molecule has 1 fully saturated rings. The van der Waals surface area contributed by atoms with Crippen molar-refractivity contribution < 1.29 is 9.59 Å². The average molecular weight is 414 g/mol. The molecule has 0 radical (unpaired) electrons. The van der Waals surface area contributed by atoms with Crippen LogP contribution in [0.15, 0.2) is 42.5 Å². The third-order valence-corrected chi connectivity index (χ3v) is 5.35. The van der Waals surface area contributed by atoms with Gasteiger partial charge in [0.2, 0.25) is 5.91 Å². The molecule has 154 valence electrons. The summed E-state index contributed by atoms with van der Waals surface area (Å²) in [4.78, 5) is 29.2. The normalized spacial score (nSPS) is 13.1. The molecule has 2 aromatic rings. The van der Waals surface area contributed by atoms with E-state index in [0.29, 0.717) is 23.7 Å². The predicted octanol–water partition coefficient (Wildman–Crippen LogP) is 4.81. The van der Waals surface area contributed by atoms with Crippen molar-refractivity contribution in [1.82, 2.24) is 4.90 Å². The van der Waals surface area contributed by atoms with E-state index in [1.165, 1.54) is 0 Å². The van der Waals surface area contributed by atoms with Crippen molar-refractivity contribution in [3.8, 4) is 0 Å². The summed E-state index contributed by atoms with van der Waals surface area (Å²) >= 11 is 6.26. The minimum atomic E-state index is -0.0884. The van der Waals surface area contributed by atoms with Gasteiger partial charge in [-0.1, -0.05) is 30.7 Å². The zero-order valence-electron chi connectivity index (χ0n) is 17.2. The Balaban J connectivity index is 1.87. The Hall–Kier alpha value is -2.53. The molecule has 1 saturated carbocycles. The van der Waals surface area contributed by atoms with Gasteiger partial charge < -0.3 is 15.1 Å². The molecule has 1 N–H and O–H groups in total. The van der Waals surface area contributed by atoms with Crippen LogP contribution in [-0.2, 0) is 11.3 Å².